The van der Waals surface area contributed by atoms with Crippen LogP contribution in [0.5, 0.6) is 0 Å². The first-order valence-electron chi connectivity index (χ1n) is 5.81. The SMILES string of the molecule is CC(C)COCCOC(=O)c1c(N)cccc1Cl. The molecule has 1 aromatic carbocycles. The summed E-state index contributed by atoms with van der Waals surface area (Å²) in [6, 6.07) is 4.89. The highest BCUT2D eigenvalue weighted by molar-refractivity contribution is 6.34. The zero-order chi connectivity index (χ0) is 13.5. The number of hydrogen-bond acceptors (Lipinski definition) is 4. The lowest BCUT2D eigenvalue weighted by Crippen LogP contribution is -2.14. The van der Waals surface area contributed by atoms with Gasteiger partial charge >= 0.3 is 5.97 Å². The monoisotopic (exact) mass is 271 g/mol. The third kappa shape index (κ3) is 4.55. The van der Waals surface area contributed by atoms with Crippen LogP contribution in [0.1, 0.15) is 24.2 Å². The van der Waals surface area contributed by atoms with E-state index in [2.05, 4.69) is 13.8 Å². The molecular weight excluding hydrogens is 254 g/mol. The van der Waals surface area contributed by atoms with Gasteiger partial charge in [-0.3, -0.25) is 0 Å². The Morgan fingerprint density at radius 3 is 2.72 bits per heavy atom. The third-order valence-electron chi connectivity index (χ3n) is 2.16. The summed E-state index contributed by atoms with van der Waals surface area (Å²) in [5.74, 6) is -0.0637. The molecule has 2 N–H and O–H groups in total. The first kappa shape index (κ1) is 14.8. The molecule has 0 atom stereocenters. The number of benzene rings is 1. The number of carbonyl (C=O) groups is 1. The standard InChI is InChI=1S/C13H18ClNO3/c1-9(2)8-17-6-7-18-13(16)12-10(14)4-3-5-11(12)15/h3-5,9H,6-8,15H2,1-2H3. The third-order valence-corrected chi connectivity index (χ3v) is 2.48. The fourth-order valence-electron chi connectivity index (χ4n) is 1.34. The smallest absolute Gasteiger partial charge is 0.341 e. The van der Waals surface area contributed by atoms with Crippen molar-refractivity contribution < 1.29 is 14.3 Å². The van der Waals surface area contributed by atoms with Crippen molar-refractivity contribution >= 4 is 23.3 Å². The second kappa shape index (κ2) is 7.24. The number of rotatable bonds is 6. The molecule has 0 amide bonds. The molecule has 0 spiro atoms. The maximum absolute atomic E-state index is 11.7. The number of carbonyl (C=O) groups excluding carboxylic acids is 1. The molecule has 0 saturated carbocycles. The van der Waals surface area contributed by atoms with Gasteiger partial charge in [0, 0.05) is 12.3 Å². The fraction of sp³-hybridized carbons (Fsp3) is 0.462. The largest absolute Gasteiger partial charge is 0.460 e. The van der Waals surface area contributed by atoms with Gasteiger partial charge in [-0.15, -0.1) is 0 Å². The first-order valence-corrected chi connectivity index (χ1v) is 6.19. The maximum Gasteiger partial charge on any atom is 0.341 e. The van der Waals surface area contributed by atoms with E-state index in [1.54, 1.807) is 18.2 Å². The molecule has 0 saturated heterocycles. The van der Waals surface area contributed by atoms with Crippen molar-refractivity contribution in [2.75, 3.05) is 25.6 Å². The molecule has 0 bridgehead atoms. The Bertz CT molecular complexity index is 387. The Hall–Kier alpha value is -1.26. The van der Waals surface area contributed by atoms with E-state index < -0.39 is 5.97 Å². The highest BCUT2D eigenvalue weighted by atomic mass is 35.5. The highest BCUT2D eigenvalue weighted by Crippen LogP contribution is 2.22. The van der Waals surface area contributed by atoms with E-state index in [1.807, 2.05) is 0 Å². The topological polar surface area (TPSA) is 61.5 Å². The Morgan fingerprint density at radius 2 is 2.11 bits per heavy atom. The van der Waals surface area contributed by atoms with Crippen LogP contribution in [0.4, 0.5) is 5.69 Å². The minimum Gasteiger partial charge on any atom is -0.460 e. The molecule has 0 aliphatic heterocycles. The molecule has 1 rings (SSSR count). The van der Waals surface area contributed by atoms with Gasteiger partial charge in [-0.05, 0) is 18.1 Å². The van der Waals surface area contributed by atoms with Crippen LogP contribution in [-0.4, -0.2) is 25.8 Å². The summed E-state index contributed by atoms with van der Waals surface area (Å²) < 4.78 is 10.3. The number of anilines is 1. The Balaban J connectivity index is 2.41. The fourth-order valence-corrected chi connectivity index (χ4v) is 1.60. The van der Waals surface area contributed by atoms with Crippen LogP contribution < -0.4 is 5.73 Å². The lowest BCUT2D eigenvalue weighted by atomic mass is 10.2. The van der Waals surface area contributed by atoms with Crippen LogP contribution in [0.2, 0.25) is 5.02 Å². The van der Waals surface area contributed by atoms with E-state index >= 15 is 0 Å². The number of nitrogens with two attached hydrogens (primary N) is 1. The summed E-state index contributed by atoms with van der Waals surface area (Å²) in [5.41, 5.74) is 6.20. The summed E-state index contributed by atoms with van der Waals surface area (Å²) in [7, 11) is 0. The lowest BCUT2D eigenvalue weighted by Gasteiger charge is -2.09. The molecule has 0 fully saturated rings. The molecule has 0 aliphatic carbocycles. The molecule has 0 heterocycles. The van der Waals surface area contributed by atoms with Crippen LogP contribution in [-0.2, 0) is 9.47 Å². The first-order chi connectivity index (χ1) is 8.52. The highest BCUT2D eigenvalue weighted by Gasteiger charge is 2.14. The average molecular weight is 272 g/mol. The van der Waals surface area contributed by atoms with E-state index in [0.29, 0.717) is 29.8 Å². The number of hydrogen-bond donors (Lipinski definition) is 1. The van der Waals surface area contributed by atoms with E-state index in [4.69, 9.17) is 26.8 Å². The lowest BCUT2D eigenvalue weighted by molar-refractivity contribution is 0.0279. The van der Waals surface area contributed by atoms with Crippen LogP contribution in [0.15, 0.2) is 18.2 Å². The molecule has 1 aromatic rings. The van der Waals surface area contributed by atoms with Gasteiger partial charge in [0.1, 0.15) is 12.2 Å². The zero-order valence-corrected chi connectivity index (χ0v) is 11.4. The average Bonchev–Trinajstić information content (AvgIpc) is 2.27. The molecular formula is C13H18ClNO3. The predicted octanol–water partition coefficient (Wildman–Crippen LogP) is 2.75. The van der Waals surface area contributed by atoms with E-state index in [9.17, 15) is 4.79 Å². The molecule has 4 nitrogen and oxygen atoms in total. The maximum atomic E-state index is 11.7. The summed E-state index contributed by atoms with van der Waals surface area (Å²) >= 11 is 5.89. The van der Waals surface area contributed by atoms with Crippen LogP contribution in [0, 0.1) is 5.92 Å². The van der Waals surface area contributed by atoms with Crippen molar-refractivity contribution in [3.8, 4) is 0 Å². The number of halogens is 1. The van der Waals surface area contributed by atoms with Gasteiger partial charge in [-0.2, -0.15) is 0 Å². The summed E-state index contributed by atoms with van der Waals surface area (Å²) in [6.07, 6.45) is 0. The normalized spacial score (nSPS) is 10.7. The van der Waals surface area contributed by atoms with Gasteiger partial charge in [0.15, 0.2) is 0 Å². The van der Waals surface area contributed by atoms with E-state index in [-0.39, 0.29) is 12.2 Å². The predicted molar refractivity (Wildman–Crippen MR) is 71.8 cm³/mol. The van der Waals surface area contributed by atoms with Crippen molar-refractivity contribution in [1.29, 1.82) is 0 Å². The second-order valence-electron chi connectivity index (χ2n) is 4.31. The van der Waals surface area contributed by atoms with Crippen LogP contribution in [0.25, 0.3) is 0 Å². The Morgan fingerprint density at radius 1 is 1.39 bits per heavy atom. The summed E-state index contributed by atoms with van der Waals surface area (Å²) in [5, 5.41) is 0.295. The van der Waals surface area contributed by atoms with Crippen LogP contribution in [0.3, 0.4) is 0 Å². The zero-order valence-electron chi connectivity index (χ0n) is 10.6. The summed E-state index contributed by atoms with van der Waals surface area (Å²) in [6.45, 7) is 5.31. The van der Waals surface area contributed by atoms with Gasteiger partial charge in [-0.1, -0.05) is 31.5 Å². The van der Waals surface area contributed by atoms with Gasteiger partial charge in [0.25, 0.3) is 0 Å². The quantitative estimate of drug-likeness (QED) is 0.491. The van der Waals surface area contributed by atoms with Crippen molar-refractivity contribution in [2.45, 2.75) is 13.8 Å². The molecule has 0 radical (unpaired) electrons. The second-order valence-corrected chi connectivity index (χ2v) is 4.72. The molecule has 100 valence electrons. The van der Waals surface area contributed by atoms with Crippen molar-refractivity contribution in [2.24, 2.45) is 5.92 Å². The molecule has 18 heavy (non-hydrogen) atoms. The minimum absolute atomic E-state index is 0.191. The molecule has 0 unspecified atom stereocenters. The van der Waals surface area contributed by atoms with Gasteiger partial charge < -0.3 is 15.2 Å². The van der Waals surface area contributed by atoms with Crippen molar-refractivity contribution in [1.82, 2.24) is 0 Å². The van der Waals surface area contributed by atoms with E-state index in [0.717, 1.165) is 0 Å². The van der Waals surface area contributed by atoms with Crippen molar-refractivity contribution in [3.05, 3.63) is 28.8 Å². The number of nitrogen functional groups attached to an aromatic ring is 1. The molecule has 0 aromatic heterocycles. The summed E-state index contributed by atoms with van der Waals surface area (Å²) in [4.78, 5) is 11.7. The van der Waals surface area contributed by atoms with Gasteiger partial charge in [0.05, 0.1) is 11.6 Å². The molecule has 5 heteroatoms. The van der Waals surface area contributed by atoms with Gasteiger partial charge in [-0.25, -0.2) is 4.79 Å². The Labute approximate surface area is 112 Å². The number of esters is 1. The van der Waals surface area contributed by atoms with Crippen molar-refractivity contribution in [3.63, 3.8) is 0 Å². The van der Waals surface area contributed by atoms with Crippen LogP contribution >= 0.6 is 11.6 Å². The number of ether oxygens (including phenoxy) is 2. The minimum atomic E-state index is -0.522. The van der Waals surface area contributed by atoms with E-state index in [1.165, 1.54) is 0 Å². The molecule has 0 aliphatic rings. The van der Waals surface area contributed by atoms with Gasteiger partial charge in [0.2, 0.25) is 0 Å². The Kier molecular flexibility index (Phi) is 5.95.